The number of hydrogen-bond donors (Lipinski definition) is 1. The maximum absolute atomic E-state index is 11.7. The van der Waals surface area contributed by atoms with E-state index < -0.39 is 0 Å². The minimum Gasteiger partial charge on any atom is -0.351 e. The van der Waals surface area contributed by atoms with Crippen molar-refractivity contribution >= 4 is 16.7 Å². The quantitative estimate of drug-likeness (QED) is 0.852. The Morgan fingerprint density at radius 2 is 2.06 bits per heavy atom. The summed E-state index contributed by atoms with van der Waals surface area (Å²) in [4.78, 5) is 15.8. The molecule has 16 heavy (non-hydrogen) atoms. The van der Waals surface area contributed by atoms with Crippen LogP contribution < -0.4 is 5.32 Å². The summed E-state index contributed by atoms with van der Waals surface area (Å²) in [6, 6.07) is 9.70. The summed E-state index contributed by atoms with van der Waals surface area (Å²) in [6.45, 7) is 2.71. The average Bonchev–Trinajstić information content (AvgIpc) is 2.35. The molecule has 0 aliphatic carbocycles. The second-order valence-corrected chi connectivity index (χ2v) is 3.67. The first-order valence-corrected chi connectivity index (χ1v) is 5.44. The molecule has 3 nitrogen and oxygen atoms in total. The third kappa shape index (κ3) is 2.19. The Bertz CT molecular complexity index is 508. The van der Waals surface area contributed by atoms with Crippen LogP contribution in [-0.2, 0) is 0 Å². The highest BCUT2D eigenvalue weighted by Gasteiger charge is 2.06. The lowest BCUT2D eigenvalue weighted by Crippen LogP contribution is -2.24. The zero-order chi connectivity index (χ0) is 11.4. The van der Waals surface area contributed by atoms with Gasteiger partial charge in [-0.3, -0.25) is 9.78 Å². The Balaban J connectivity index is 2.28. The first kappa shape index (κ1) is 10.6. The van der Waals surface area contributed by atoms with Gasteiger partial charge in [-0.05, 0) is 17.9 Å². The molecule has 3 heteroatoms. The monoisotopic (exact) mass is 214 g/mol. The molecule has 0 saturated carbocycles. The number of benzene rings is 1. The van der Waals surface area contributed by atoms with Crippen molar-refractivity contribution in [3.8, 4) is 0 Å². The van der Waals surface area contributed by atoms with E-state index in [2.05, 4.69) is 10.3 Å². The number of aromatic nitrogens is 1. The molecule has 1 N–H and O–H groups in total. The van der Waals surface area contributed by atoms with Crippen LogP contribution in [0, 0.1) is 0 Å². The van der Waals surface area contributed by atoms with Gasteiger partial charge in [0.15, 0.2) is 0 Å². The van der Waals surface area contributed by atoms with Gasteiger partial charge in [-0.15, -0.1) is 0 Å². The second-order valence-electron chi connectivity index (χ2n) is 3.67. The highest BCUT2D eigenvalue weighted by atomic mass is 16.1. The maximum atomic E-state index is 11.7. The summed E-state index contributed by atoms with van der Waals surface area (Å²) >= 11 is 0. The van der Waals surface area contributed by atoms with E-state index in [1.54, 1.807) is 6.20 Å². The third-order valence-corrected chi connectivity index (χ3v) is 2.40. The van der Waals surface area contributed by atoms with Gasteiger partial charge >= 0.3 is 0 Å². The van der Waals surface area contributed by atoms with Gasteiger partial charge in [-0.25, -0.2) is 0 Å². The summed E-state index contributed by atoms with van der Waals surface area (Å²) in [5.74, 6) is -0.104. The topological polar surface area (TPSA) is 42.0 Å². The van der Waals surface area contributed by atoms with Gasteiger partial charge in [0, 0.05) is 18.1 Å². The molecule has 1 heterocycles. The van der Waals surface area contributed by atoms with Crippen LogP contribution in [-0.4, -0.2) is 17.4 Å². The van der Waals surface area contributed by atoms with E-state index in [1.807, 2.05) is 37.3 Å². The van der Waals surface area contributed by atoms with Crippen molar-refractivity contribution in [3.05, 3.63) is 42.2 Å². The number of carbonyl (C=O) groups is 1. The molecule has 0 atom stereocenters. The lowest BCUT2D eigenvalue weighted by molar-refractivity contribution is 0.0949. The molecular weight excluding hydrogens is 200 g/mol. The van der Waals surface area contributed by atoms with Crippen molar-refractivity contribution in [2.45, 2.75) is 13.3 Å². The molecule has 0 bridgehead atoms. The molecule has 0 radical (unpaired) electrons. The fourth-order valence-electron chi connectivity index (χ4n) is 1.54. The van der Waals surface area contributed by atoms with Crippen molar-refractivity contribution in [2.75, 3.05) is 6.54 Å². The SMILES string of the molecule is CCCNC(=O)c1cc2ccccc2cn1. The predicted molar refractivity (Wildman–Crippen MR) is 64.4 cm³/mol. The normalized spacial score (nSPS) is 10.3. The first-order chi connectivity index (χ1) is 7.81. The number of rotatable bonds is 3. The van der Waals surface area contributed by atoms with Crippen LogP contribution in [0.3, 0.4) is 0 Å². The van der Waals surface area contributed by atoms with E-state index in [9.17, 15) is 4.79 Å². The Morgan fingerprint density at radius 1 is 1.31 bits per heavy atom. The summed E-state index contributed by atoms with van der Waals surface area (Å²) < 4.78 is 0. The molecule has 0 aliphatic heterocycles. The highest BCUT2D eigenvalue weighted by Crippen LogP contribution is 2.13. The summed E-state index contributed by atoms with van der Waals surface area (Å²) in [7, 11) is 0. The van der Waals surface area contributed by atoms with Crippen LogP contribution in [0.15, 0.2) is 36.5 Å². The van der Waals surface area contributed by atoms with Crippen molar-refractivity contribution in [2.24, 2.45) is 0 Å². The van der Waals surface area contributed by atoms with Crippen LogP contribution in [0.2, 0.25) is 0 Å². The predicted octanol–water partition coefficient (Wildman–Crippen LogP) is 2.37. The van der Waals surface area contributed by atoms with E-state index in [-0.39, 0.29) is 5.91 Å². The standard InChI is InChI=1S/C13H14N2O/c1-2-7-14-13(16)12-8-10-5-3-4-6-11(10)9-15-12/h3-6,8-9H,2,7H2,1H3,(H,14,16). The van der Waals surface area contributed by atoms with Crippen molar-refractivity contribution < 1.29 is 4.79 Å². The zero-order valence-corrected chi connectivity index (χ0v) is 9.23. The van der Waals surface area contributed by atoms with Gasteiger partial charge in [0.25, 0.3) is 5.91 Å². The van der Waals surface area contributed by atoms with E-state index >= 15 is 0 Å². The molecule has 0 aliphatic rings. The van der Waals surface area contributed by atoms with Gasteiger partial charge in [-0.1, -0.05) is 31.2 Å². The highest BCUT2D eigenvalue weighted by molar-refractivity contribution is 5.96. The number of amides is 1. The molecular formula is C13H14N2O. The number of pyridine rings is 1. The molecule has 0 unspecified atom stereocenters. The van der Waals surface area contributed by atoms with Gasteiger partial charge < -0.3 is 5.32 Å². The minimum absolute atomic E-state index is 0.104. The van der Waals surface area contributed by atoms with Crippen LogP contribution in [0.5, 0.6) is 0 Å². The minimum atomic E-state index is -0.104. The third-order valence-electron chi connectivity index (χ3n) is 2.40. The van der Waals surface area contributed by atoms with Crippen LogP contribution >= 0.6 is 0 Å². The fourth-order valence-corrected chi connectivity index (χ4v) is 1.54. The molecule has 1 amide bonds. The van der Waals surface area contributed by atoms with Gasteiger partial charge in [0.05, 0.1) is 0 Å². The van der Waals surface area contributed by atoms with Crippen molar-refractivity contribution in [1.29, 1.82) is 0 Å². The molecule has 0 spiro atoms. The Hall–Kier alpha value is -1.90. The first-order valence-electron chi connectivity index (χ1n) is 5.44. The van der Waals surface area contributed by atoms with E-state index in [1.165, 1.54) is 0 Å². The molecule has 2 aromatic rings. The van der Waals surface area contributed by atoms with E-state index in [4.69, 9.17) is 0 Å². The zero-order valence-electron chi connectivity index (χ0n) is 9.23. The molecule has 1 aromatic carbocycles. The number of fused-ring (bicyclic) bond motifs is 1. The summed E-state index contributed by atoms with van der Waals surface area (Å²) in [5, 5.41) is 4.90. The van der Waals surface area contributed by atoms with Crippen LogP contribution in [0.25, 0.3) is 10.8 Å². The Morgan fingerprint density at radius 3 is 2.81 bits per heavy atom. The van der Waals surface area contributed by atoms with Gasteiger partial charge in [0.2, 0.25) is 0 Å². The number of carbonyl (C=O) groups excluding carboxylic acids is 1. The van der Waals surface area contributed by atoms with Gasteiger partial charge in [-0.2, -0.15) is 0 Å². The molecule has 2 rings (SSSR count). The lowest BCUT2D eigenvalue weighted by Gasteiger charge is -2.03. The molecule has 82 valence electrons. The lowest BCUT2D eigenvalue weighted by atomic mass is 10.1. The van der Waals surface area contributed by atoms with E-state index in [0.717, 1.165) is 17.2 Å². The molecule has 0 saturated heterocycles. The fraction of sp³-hybridized carbons (Fsp3) is 0.231. The largest absolute Gasteiger partial charge is 0.351 e. The summed E-state index contributed by atoms with van der Waals surface area (Å²) in [6.07, 6.45) is 2.66. The number of hydrogen-bond acceptors (Lipinski definition) is 2. The van der Waals surface area contributed by atoms with E-state index in [0.29, 0.717) is 12.2 Å². The van der Waals surface area contributed by atoms with Crippen LogP contribution in [0.4, 0.5) is 0 Å². The second kappa shape index (κ2) is 4.75. The summed E-state index contributed by atoms with van der Waals surface area (Å²) in [5.41, 5.74) is 0.479. The van der Waals surface area contributed by atoms with Crippen molar-refractivity contribution in [1.82, 2.24) is 10.3 Å². The number of nitrogens with one attached hydrogen (secondary N) is 1. The molecule has 1 aromatic heterocycles. The molecule has 0 fully saturated rings. The van der Waals surface area contributed by atoms with Crippen LogP contribution in [0.1, 0.15) is 23.8 Å². The Kier molecular flexibility index (Phi) is 3.15. The maximum Gasteiger partial charge on any atom is 0.269 e. The Labute approximate surface area is 94.5 Å². The van der Waals surface area contributed by atoms with Gasteiger partial charge in [0.1, 0.15) is 5.69 Å². The number of nitrogens with zero attached hydrogens (tertiary/aromatic N) is 1. The average molecular weight is 214 g/mol. The van der Waals surface area contributed by atoms with Crippen molar-refractivity contribution in [3.63, 3.8) is 0 Å². The smallest absolute Gasteiger partial charge is 0.269 e.